The number of hydrogen-bond acceptors (Lipinski definition) is 4. The van der Waals surface area contributed by atoms with Crippen molar-refractivity contribution in [2.75, 3.05) is 17.7 Å². The predicted octanol–water partition coefficient (Wildman–Crippen LogP) is 2.44. The smallest absolute Gasteiger partial charge is 0.161 e. The van der Waals surface area contributed by atoms with Crippen LogP contribution in [-0.2, 0) is 0 Å². The molecule has 1 heterocycles. The van der Waals surface area contributed by atoms with Crippen LogP contribution >= 0.6 is 0 Å². The Balaban J connectivity index is 2.51. The van der Waals surface area contributed by atoms with Crippen molar-refractivity contribution in [3.63, 3.8) is 0 Å². The minimum Gasteiger partial charge on any atom is -0.398 e. The summed E-state index contributed by atoms with van der Waals surface area (Å²) in [4.78, 5) is 15.9. The number of carbonyl (C=O) groups is 1. The number of fused-ring (bicyclic) bond motifs is 1. The second-order valence-corrected chi connectivity index (χ2v) is 4.23. The Morgan fingerprint density at radius 3 is 2.94 bits per heavy atom. The number of hydrogen-bond donors (Lipinski definition) is 2. The third kappa shape index (κ3) is 2.16. The topological polar surface area (TPSA) is 67.5 Å². The summed E-state index contributed by atoms with van der Waals surface area (Å²) < 4.78 is 0. The Morgan fingerprint density at radius 2 is 2.29 bits per heavy atom. The van der Waals surface area contributed by atoms with Gasteiger partial charge >= 0.3 is 0 Å². The molecule has 0 spiro atoms. The van der Waals surface area contributed by atoms with Crippen molar-refractivity contribution < 1.29 is 4.79 Å². The van der Waals surface area contributed by atoms with Crippen molar-refractivity contribution in [1.82, 2.24) is 0 Å². The highest BCUT2D eigenvalue weighted by atomic mass is 16.1. The number of anilines is 2. The zero-order chi connectivity index (χ0) is 12.4. The van der Waals surface area contributed by atoms with Crippen LogP contribution < -0.4 is 11.1 Å². The summed E-state index contributed by atoms with van der Waals surface area (Å²) in [5.41, 5.74) is 10.0. The number of nitrogen functional groups attached to an aromatic ring is 1. The maximum absolute atomic E-state index is 11.5. The standard InChI is InChI=1S/C13H17N3O/c1-3-4-12-10-5-9(8(2)17)11(14)6-13(10)16-7-15-12/h5-6,16H,3-4,7,14H2,1-2H3. The first kappa shape index (κ1) is 11.6. The number of aliphatic imine (C=N–C) groups is 1. The van der Waals surface area contributed by atoms with E-state index in [-0.39, 0.29) is 5.78 Å². The molecule has 90 valence electrons. The van der Waals surface area contributed by atoms with Crippen LogP contribution in [0.5, 0.6) is 0 Å². The van der Waals surface area contributed by atoms with Gasteiger partial charge in [-0.1, -0.05) is 13.3 Å². The predicted molar refractivity (Wildman–Crippen MR) is 70.8 cm³/mol. The van der Waals surface area contributed by atoms with Crippen LogP contribution in [-0.4, -0.2) is 18.2 Å². The van der Waals surface area contributed by atoms with Gasteiger partial charge in [0.2, 0.25) is 0 Å². The minimum atomic E-state index is -0.00766. The molecule has 4 heteroatoms. The highest BCUT2D eigenvalue weighted by Gasteiger charge is 2.17. The molecule has 0 saturated heterocycles. The van der Waals surface area contributed by atoms with E-state index in [0.29, 0.717) is 17.9 Å². The van der Waals surface area contributed by atoms with Gasteiger partial charge in [0, 0.05) is 28.2 Å². The molecule has 0 unspecified atom stereocenters. The molecule has 3 N–H and O–H groups in total. The maximum atomic E-state index is 11.5. The van der Waals surface area contributed by atoms with Crippen LogP contribution in [0.4, 0.5) is 11.4 Å². The molecule has 0 saturated carbocycles. The van der Waals surface area contributed by atoms with Gasteiger partial charge in [-0.15, -0.1) is 0 Å². The number of carbonyl (C=O) groups excluding carboxylic acids is 1. The van der Waals surface area contributed by atoms with Crippen molar-refractivity contribution in [1.29, 1.82) is 0 Å². The van der Waals surface area contributed by atoms with Crippen LogP contribution in [0.2, 0.25) is 0 Å². The zero-order valence-electron chi connectivity index (χ0n) is 10.2. The largest absolute Gasteiger partial charge is 0.398 e. The van der Waals surface area contributed by atoms with Crippen molar-refractivity contribution in [3.05, 3.63) is 23.3 Å². The molecule has 1 aromatic rings. The molecule has 0 amide bonds. The van der Waals surface area contributed by atoms with Gasteiger partial charge in [-0.25, -0.2) is 0 Å². The lowest BCUT2D eigenvalue weighted by Gasteiger charge is -2.20. The van der Waals surface area contributed by atoms with Crippen molar-refractivity contribution in [2.24, 2.45) is 4.99 Å². The van der Waals surface area contributed by atoms with E-state index in [1.807, 2.05) is 12.1 Å². The Kier molecular flexibility index (Phi) is 3.13. The highest BCUT2D eigenvalue weighted by molar-refractivity contribution is 6.10. The monoisotopic (exact) mass is 231 g/mol. The summed E-state index contributed by atoms with van der Waals surface area (Å²) in [7, 11) is 0. The Morgan fingerprint density at radius 1 is 1.53 bits per heavy atom. The Hall–Kier alpha value is -1.84. The lowest BCUT2D eigenvalue weighted by Crippen LogP contribution is -2.17. The summed E-state index contributed by atoms with van der Waals surface area (Å²) in [5, 5.41) is 3.18. The zero-order valence-corrected chi connectivity index (χ0v) is 10.2. The number of nitrogens with one attached hydrogen (secondary N) is 1. The Bertz CT molecular complexity index is 492. The van der Waals surface area contributed by atoms with Gasteiger partial charge in [-0.3, -0.25) is 9.79 Å². The molecule has 17 heavy (non-hydrogen) atoms. The van der Waals surface area contributed by atoms with Crippen LogP contribution in [0.3, 0.4) is 0 Å². The fourth-order valence-electron chi connectivity index (χ4n) is 2.06. The van der Waals surface area contributed by atoms with Crippen molar-refractivity contribution >= 4 is 22.9 Å². The average Bonchev–Trinajstić information content (AvgIpc) is 2.28. The van der Waals surface area contributed by atoms with Crippen molar-refractivity contribution in [2.45, 2.75) is 26.7 Å². The van der Waals surface area contributed by atoms with Gasteiger partial charge in [0.05, 0.1) is 0 Å². The summed E-state index contributed by atoms with van der Waals surface area (Å²) in [5.74, 6) is -0.00766. The van der Waals surface area contributed by atoms with E-state index >= 15 is 0 Å². The second kappa shape index (κ2) is 4.57. The van der Waals surface area contributed by atoms with Gasteiger partial charge in [-0.05, 0) is 25.5 Å². The first-order chi connectivity index (χ1) is 8.13. The molecule has 4 nitrogen and oxygen atoms in total. The van der Waals surface area contributed by atoms with E-state index in [2.05, 4.69) is 17.2 Å². The molecule has 1 aromatic carbocycles. The molecule has 0 radical (unpaired) electrons. The highest BCUT2D eigenvalue weighted by Crippen LogP contribution is 2.28. The summed E-state index contributed by atoms with van der Waals surface area (Å²) in [6, 6.07) is 3.68. The molecule has 0 aliphatic carbocycles. The van der Waals surface area contributed by atoms with Crippen LogP contribution in [0.1, 0.15) is 42.6 Å². The fourth-order valence-corrected chi connectivity index (χ4v) is 2.06. The number of Topliss-reactive ketones (excluding diaryl/α,β-unsaturated/α-hetero) is 1. The minimum absolute atomic E-state index is 0.00766. The first-order valence-corrected chi connectivity index (χ1v) is 5.85. The van der Waals surface area contributed by atoms with Crippen molar-refractivity contribution in [3.8, 4) is 0 Å². The molecule has 0 aromatic heterocycles. The van der Waals surface area contributed by atoms with Gasteiger partial charge in [-0.2, -0.15) is 0 Å². The molecular weight excluding hydrogens is 214 g/mol. The molecule has 0 atom stereocenters. The summed E-state index contributed by atoms with van der Waals surface area (Å²) in [6.45, 7) is 4.24. The average molecular weight is 231 g/mol. The number of nitrogens with zero attached hydrogens (tertiary/aromatic N) is 1. The molecule has 1 aliphatic rings. The molecule has 0 bridgehead atoms. The molecule has 0 fully saturated rings. The van der Waals surface area contributed by atoms with Gasteiger partial charge in [0.25, 0.3) is 0 Å². The van der Waals surface area contributed by atoms with Gasteiger partial charge in [0.15, 0.2) is 5.78 Å². The number of benzene rings is 1. The molecule has 1 aliphatic heterocycles. The summed E-state index contributed by atoms with van der Waals surface area (Å²) in [6.07, 6.45) is 1.97. The second-order valence-electron chi connectivity index (χ2n) is 4.23. The third-order valence-corrected chi connectivity index (χ3v) is 2.91. The Labute approximate surface area is 101 Å². The van der Waals surface area contributed by atoms with E-state index in [0.717, 1.165) is 29.8 Å². The number of nitrogens with two attached hydrogens (primary N) is 1. The number of ketones is 1. The van der Waals surface area contributed by atoms with Gasteiger partial charge < -0.3 is 11.1 Å². The third-order valence-electron chi connectivity index (χ3n) is 2.91. The van der Waals surface area contributed by atoms with E-state index < -0.39 is 0 Å². The molecule has 2 rings (SSSR count). The normalized spacial score (nSPS) is 13.6. The lowest BCUT2D eigenvalue weighted by atomic mass is 9.97. The molecular formula is C13H17N3O. The quantitative estimate of drug-likeness (QED) is 0.620. The first-order valence-electron chi connectivity index (χ1n) is 5.85. The lowest BCUT2D eigenvalue weighted by molar-refractivity contribution is 0.101. The maximum Gasteiger partial charge on any atom is 0.161 e. The van der Waals surface area contributed by atoms with Crippen LogP contribution in [0.25, 0.3) is 0 Å². The summed E-state index contributed by atoms with van der Waals surface area (Å²) >= 11 is 0. The van der Waals surface area contributed by atoms with E-state index in [1.165, 1.54) is 6.92 Å². The van der Waals surface area contributed by atoms with E-state index in [9.17, 15) is 4.79 Å². The van der Waals surface area contributed by atoms with Crippen LogP contribution in [0, 0.1) is 0 Å². The number of rotatable bonds is 3. The van der Waals surface area contributed by atoms with Gasteiger partial charge in [0.1, 0.15) is 6.67 Å². The SMILES string of the molecule is CCCC1=NCNc2cc(N)c(C(C)=O)cc21. The van der Waals surface area contributed by atoms with E-state index in [1.54, 1.807) is 0 Å². The van der Waals surface area contributed by atoms with E-state index in [4.69, 9.17) is 5.73 Å². The fraction of sp³-hybridized carbons (Fsp3) is 0.385. The van der Waals surface area contributed by atoms with Crippen LogP contribution in [0.15, 0.2) is 17.1 Å².